The van der Waals surface area contributed by atoms with Crippen molar-refractivity contribution in [2.24, 2.45) is 5.41 Å². The number of hydrogen-bond acceptors (Lipinski definition) is 6. The van der Waals surface area contributed by atoms with E-state index in [9.17, 15) is 9.59 Å². The van der Waals surface area contributed by atoms with Gasteiger partial charge in [0.1, 0.15) is 16.8 Å². The van der Waals surface area contributed by atoms with Crippen LogP contribution in [0, 0.1) is 5.41 Å². The predicted octanol–water partition coefficient (Wildman–Crippen LogP) is 4.06. The van der Waals surface area contributed by atoms with Crippen molar-refractivity contribution in [2.75, 3.05) is 26.9 Å². The van der Waals surface area contributed by atoms with E-state index in [0.29, 0.717) is 25.5 Å². The van der Waals surface area contributed by atoms with Crippen LogP contribution in [0.4, 0.5) is 0 Å². The Morgan fingerprint density at radius 2 is 2.03 bits per heavy atom. The van der Waals surface area contributed by atoms with Crippen LogP contribution < -0.4 is 10.2 Å². The summed E-state index contributed by atoms with van der Waals surface area (Å²) < 4.78 is 20.2. The Balaban J connectivity index is 1.87. The lowest BCUT2D eigenvalue weighted by atomic mass is 9.85. The molecule has 1 atom stereocenters. The molecule has 0 N–H and O–H groups in total. The van der Waals surface area contributed by atoms with Crippen molar-refractivity contribution in [1.29, 1.82) is 0 Å². The molecule has 0 fully saturated rings. The van der Waals surface area contributed by atoms with Crippen LogP contribution in [0.25, 0.3) is 22.3 Å². The van der Waals surface area contributed by atoms with Crippen LogP contribution in [-0.2, 0) is 16.0 Å². The van der Waals surface area contributed by atoms with Gasteiger partial charge >= 0.3 is 5.97 Å². The standard InChI is InChI=1S/C25H31N3O5/c1-6-32-24(30)17-14-27-18(13-19(17)29)23-16-9-7-10-20(33-12-8-11-31-5)22(16)26-28(23)15-21(27)25(2,3)4/h7,9-10,13-14,21H,6,8,11-12,15H2,1-5H3/t21-/m0/s1. The van der Waals surface area contributed by atoms with Crippen LogP contribution in [0.1, 0.15) is 50.5 Å². The highest BCUT2D eigenvalue weighted by Crippen LogP contribution is 2.43. The van der Waals surface area contributed by atoms with E-state index in [1.165, 1.54) is 6.07 Å². The number of rotatable bonds is 7. The van der Waals surface area contributed by atoms with Gasteiger partial charge in [-0.25, -0.2) is 4.79 Å². The van der Waals surface area contributed by atoms with Gasteiger partial charge in [0.25, 0.3) is 0 Å². The molecule has 0 radical (unpaired) electrons. The molecule has 8 nitrogen and oxygen atoms in total. The number of hydrogen-bond donors (Lipinski definition) is 0. The molecule has 3 heterocycles. The van der Waals surface area contributed by atoms with Crippen molar-refractivity contribution < 1.29 is 19.0 Å². The molecule has 0 aliphatic carbocycles. The van der Waals surface area contributed by atoms with Crippen LogP contribution in [-0.4, -0.2) is 47.2 Å². The first-order chi connectivity index (χ1) is 15.8. The molecule has 0 spiro atoms. The lowest BCUT2D eigenvalue weighted by molar-refractivity contribution is 0.0522. The molecule has 1 aromatic carbocycles. The molecule has 0 saturated carbocycles. The van der Waals surface area contributed by atoms with Gasteiger partial charge < -0.3 is 18.8 Å². The molecule has 3 aromatic rings. The first-order valence-electron chi connectivity index (χ1n) is 11.3. The molecule has 0 unspecified atom stereocenters. The highest BCUT2D eigenvalue weighted by Gasteiger charge is 2.35. The second-order valence-corrected chi connectivity index (χ2v) is 9.32. The van der Waals surface area contributed by atoms with Crippen molar-refractivity contribution in [3.8, 4) is 17.1 Å². The average molecular weight is 454 g/mol. The van der Waals surface area contributed by atoms with Gasteiger partial charge in [-0.3, -0.25) is 9.48 Å². The minimum Gasteiger partial charge on any atom is -0.491 e. The van der Waals surface area contributed by atoms with Crippen molar-refractivity contribution in [1.82, 2.24) is 14.3 Å². The van der Waals surface area contributed by atoms with Crippen molar-refractivity contribution in [3.05, 3.63) is 46.2 Å². The second-order valence-electron chi connectivity index (χ2n) is 9.32. The van der Waals surface area contributed by atoms with Gasteiger partial charge in [0, 0.05) is 37.8 Å². The molecule has 0 amide bonds. The SMILES string of the molecule is CCOC(=O)c1cn2c(cc1=O)-c1c3cccc(OCCCOC)c3nn1C[C@H]2C(C)(C)C. The Kier molecular flexibility index (Phi) is 6.30. The molecule has 33 heavy (non-hydrogen) atoms. The minimum absolute atomic E-state index is 0.0193. The summed E-state index contributed by atoms with van der Waals surface area (Å²) in [7, 11) is 1.67. The lowest BCUT2D eigenvalue weighted by Gasteiger charge is -2.38. The normalized spacial score (nSPS) is 15.2. The first-order valence-corrected chi connectivity index (χ1v) is 11.3. The van der Waals surface area contributed by atoms with E-state index in [2.05, 4.69) is 20.8 Å². The quantitative estimate of drug-likeness (QED) is 0.396. The second kappa shape index (κ2) is 9.02. The van der Waals surface area contributed by atoms with Crippen molar-refractivity contribution in [2.45, 2.75) is 46.7 Å². The zero-order chi connectivity index (χ0) is 23.8. The van der Waals surface area contributed by atoms with Crippen LogP contribution in [0.3, 0.4) is 0 Å². The average Bonchev–Trinajstić information content (AvgIpc) is 3.15. The molecule has 176 valence electrons. The maximum Gasteiger partial charge on any atom is 0.343 e. The number of carbonyl (C=O) groups excluding carboxylic acids is 1. The largest absolute Gasteiger partial charge is 0.491 e. The smallest absolute Gasteiger partial charge is 0.343 e. The zero-order valence-corrected chi connectivity index (χ0v) is 19.9. The van der Waals surface area contributed by atoms with Crippen LogP contribution in [0.2, 0.25) is 0 Å². The third kappa shape index (κ3) is 4.27. The Hall–Kier alpha value is -3.13. The van der Waals surface area contributed by atoms with Gasteiger partial charge in [0.2, 0.25) is 0 Å². The number of ether oxygens (including phenoxy) is 3. The summed E-state index contributed by atoms with van der Waals surface area (Å²) in [4.78, 5) is 25.3. The number of methoxy groups -OCH3 is 1. The van der Waals surface area contributed by atoms with E-state index < -0.39 is 5.97 Å². The van der Waals surface area contributed by atoms with E-state index in [-0.39, 0.29) is 29.1 Å². The molecule has 0 bridgehead atoms. The monoisotopic (exact) mass is 453 g/mol. The predicted molar refractivity (Wildman–Crippen MR) is 126 cm³/mol. The zero-order valence-electron chi connectivity index (χ0n) is 19.9. The molecular weight excluding hydrogens is 422 g/mol. The Labute approximate surface area is 193 Å². The van der Waals surface area contributed by atoms with Crippen LogP contribution in [0.15, 0.2) is 35.3 Å². The van der Waals surface area contributed by atoms with Gasteiger partial charge in [0.05, 0.1) is 37.2 Å². The summed E-state index contributed by atoms with van der Waals surface area (Å²) in [6, 6.07) is 7.34. The summed E-state index contributed by atoms with van der Waals surface area (Å²) >= 11 is 0. The van der Waals surface area contributed by atoms with Gasteiger partial charge in [-0.05, 0) is 18.4 Å². The Morgan fingerprint density at radius 1 is 1.24 bits per heavy atom. The maximum atomic E-state index is 12.9. The third-order valence-corrected chi connectivity index (χ3v) is 5.98. The summed E-state index contributed by atoms with van der Waals surface area (Å²) in [6.45, 7) is 10.1. The summed E-state index contributed by atoms with van der Waals surface area (Å²) in [5.41, 5.74) is 1.88. The minimum atomic E-state index is -0.596. The molecular formula is C25H31N3O5. The summed E-state index contributed by atoms with van der Waals surface area (Å²) in [5, 5.41) is 5.79. The van der Waals surface area contributed by atoms with Gasteiger partial charge in [0.15, 0.2) is 5.43 Å². The fraction of sp³-hybridized carbons (Fsp3) is 0.480. The third-order valence-electron chi connectivity index (χ3n) is 5.98. The van der Waals surface area contributed by atoms with Gasteiger partial charge in [-0.2, -0.15) is 5.10 Å². The maximum absolute atomic E-state index is 12.9. The summed E-state index contributed by atoms with van der Waals surface area (Å²) in [5.74, 6) is 0.107. The van der Waals surface area contributed by atoms with Crippen molar-refractivity contribution >= 4 is 16.9 Å². The molecule has 1 aliphatic rings. The van der Waals surface area contributed by atoms with Crippen LogP contribution >= 0.6 is 0 Å². The first kappa shape index (κ1) is 23.0. The number of benzene rings is 1. The molecule has 0 saturated heterocycles. The number of aromatic nitrogens is 3. The molecule has 8 heteroatoms. The van der Waals surface area contributed by atoms with E-state index in [1.54, 1.807) is 20.2 Å². The van der Waals surface area contributed by atoms with Gasteiger partial charge in [-0.1, -0.05) is 32.9 Å². The highest BCUT2D eigenvalue weighted by atomic mass is 16.5. The van der Waals surface area contributed by atoms with Gasteiger partial charge in [-0.15, -0.1) is 0 Å². The number of esters is 1. The van der Waals surface area contributed by atoms with Crippen molar-refractivity contribution in [3.63, 3.8) is 0 Å². The summed E-state index contributed by atoms with van der Waals surface area (Å²) in [6.07, 6.45) is 2.43. The number of carbonyl (C=O) groups is 1. The number of nitrogens with zero attached hydrogens (tertiary/aromatic N) is 3. The molecule has 4 rings (SSSR count). The van der Waals surface area contributed by atoms with E-state index in [4.69, 9.17) is 19.3 Å². The topological polar surface area (TPSA) is 84.6 Å². The number of pyridine rings is 1. The Bertz CT molecular complexity index is 1240. The van der Waals surface area contributed by atoms with E-state index >= 15 is 0 Å². The fourth-order valence-corrected chi connectivity index (χ4v) is 4.33. The fourth-order valence-electron chi connectivity index (χ4n) is 4.33. The molecule has 2 aromatic heterocycles. The lowest BCUT2D eigenvalue weighted by Crippen LogP contribution is -2.35. The Morgan fingerprint density at radius 3 is 2.73 bits per heavy atom. The van der Waals surface area contributed by atoms with Crippen LogP contribution in [0.5, 0.6) is 5.75 Å². The van der Waals surface area contributed by atoms with E-state index in [0.717, 1.165) is 28.7 Å². The number of fused-ring (bicyclic) bond motifs is 5. The highest BCUT2D eigenvalue weighted by molar-refractivity contribution is 5.97. The molecule has 1 aliphatic heterocycles. The van der Waals surface area contributed by atoms with E-state index in [1.807, 2.05) is 27.4 Å².